The summed E-state index contributed by atoms with van der Waals surface area (Å²) < 4.78 is 31.2. The molecule has 1 heterocycles. The highest BCUT2D eigenvalue weighted by Crippen LogP contribution is 2.35. The van der Waals surface area contributed by atoms with Gasteiger partial charge < -0.3 is 10.1 Å². The number of benzene rings is 2. The van der Waals surface area contributed by atoms with Gasteiger partial charge in [-0.2, -0.15) is 0 Å². The molecule has 10 heteroatoms. The third kappa shape index (κ3) is 4.43. The average molecular weight is 450 g/mol. The van der Waals surface area contributed by atoms with E-state index in [1.165, 1.54) is 16.4 Å². The summed E-state index contributed by atoms with van der Waals surface area (Å²) in [4.78, 5) is 12.7. The predicted molar refractivity (Wildman–Crippen MR) is 108 cm³/mol. The van der Waals surface area contributed by atoms with Gasteiger partial charge in [0.15, 0.2) is 6.10 Å². The number of ether oxygens (including phenoxy) is 1. The number of amides is 1. The number of nitrogens with zero attached hydrogens (tertiary/aromatic N) is 1. The number of fused-ring (bicyclic) bond motifs is 1. The second-order valence-electron chi connectivity index (χ2n) is 5.93. The molecule has 144 valence electrons. The van der Waals surface area contributed by atoms with E-state index in [2.05, 4.69) is 5.32 Å². The van der Waals surface area contributed by atoms with Gasteiger partial charge in [0.05, 0.1) is 32.7 Å². The molecular formula is C17H15Cl3N2O4S. The molecule has 0 aromatic heterocycles. The van der Waals surface area contributed by atoms with Crippen LogP contribution in [0.15, 0.2) is 36.4 Å². The van der Waals surface area contributed by atoms with Crippen LogP contribution >= 0.6 is 34.8 Å². The summed E-state index contributed by atoms with van der Waals surface area (Å²) in [5.41, 5.74) is 0.681. The van der Waals surface area contributed by atoms with Gasteiger partial charge in [0.1, 0.15) is 5.75 Å². The molecule has 6 nitrogen and oxygen atoms in total. The summed E-state index contributed by atoms with van der Waals surface area (Å²) in [6.07, 6.45) is 0.357. The first-order chi connectivity index (χ1) is 12.7. The maximum absolute atomic E-state index is 12.7. The van der Waals surface area contributed by atoms with Gasteiger partial charge in [0.25, 0.3) is 5.91 Å². The molecule has 2 aromatic rings. The third-order valence-electron chi connectivity index (χ3n) is 3.96. The summed E-state index contributed by atoms with van der Waals surface area (Å²) in [7, 11) is -3.52. The zero-order chi connectivity index (χ0) is 19.8. The summed E-state index contributed by atoms with van der Waals surface area (Å²) in [6.45, 7) is 0.100. The number of carbonyl (C=O) groups excluding carboxylic acids is 1. The predicted octanol–water partition coefficient (Wildman–Crippen LogP) is 4.20. The van der Waals surface area contributed by atoms with Crippen LogP contribution in [0, 0.1) is 0 Å². The van der Waals surface area contributed by atoms with Crippen LogP contribution in [0.5, 0.6) is 5.75 Å². The molecular weight excluding hydrogens is 435 g/mol. The lowest BCUT2D eigenvalue weighted by molar-refractivity contribution is -0.122. The summed E-state index contributed by atoms with van der Waals surface area (Å²) in [5, 5.41) is 3.39. The second kappa shape index (κ2) is 7.75. The third-order valence-corrected chi connectivity index (χ3v) is 6.17. The minimum absolute atomic E-state index is 0.100. The maximum Gasteiger partial charge on any atom is 0.265 e. The molecule has 0 fully saturated rings. The molecule has 2 aromatic carbocycles. The molecule has 0 saturated carbocycles. The van der Waals surface area contributed by atoms with Gasteiger partial charge >= 0.3 is 0 Å². The number of anilines is 2. The quantitative estimate of drug-likeness (QED) is 0.713. The van der Waals surface area contributed by atoms with Gasteiger partial charge in [-0.15, -0.1) is 0 Å². The van der Waals surface area contributed by atoms with E-state index in [4.69, 9.17) is 39.5 Å². The molecule has 1 unspecified atom stereocenters. The van der Waals surface area contributed by atoms with Gasteiger partial charge in [-0.1, -0.05) is 46.9 Å². The molecule has 1 atom stereocenters. The molecule has 1 N–H and O–H groups in total. The van der Waals surface area contributed by atoms with Crippen molar-refractivity contribution in [2.45, 2.75) is 12.5 Å². The van der Waals surface area contributed by atoms with Crippen LogP contribution in [0.25, 0.3) is 0 Å². The maximum atomic E-state index is 12.7. The highest BCUT2D eigenvalue weighted by Gasteiger charge is 2.31. The number of halogens is 3. The van der Waals surface area contributed by atoms with E-state index < -0.39 is 22.0 Å². The Morgan fingerprint density at radius 1 is 1.15 bits per heavy atom. The number of para-hydroxylation sites is 2. The molecule has 1 aliphatic heterocycles. The van der Waals surface area contributed by atoms with Crippen LogP contribution in [0.1, 0.15) is 6.42 Å². The van der Waals surface area contributed by atoms with Crippen molar-refractivity contribution >= 4 is 62.1 Å². The Labute approximate surface area is 172 Å². The molecule has 0 bridgehead atoms. The fraction of sp³-hybridized carbons (Fsp3) is 0.235. The van der Waals surface area contributed by atoms with Gasteiger partial charge in [0.2, 0.25) is 10.0 Å². The molecule has 3 rings (SSSR count). The average Bonchev–Trinajstić information content (AvgIpc) is 2.79. The van der Waals surface area contributed by atoms with E-state index in [0.717, 1.165) is 6.26 Å². The van der Waals surface area contributed by atoms with Gasteiger partial charge in [-0.25, -0.2) is 8.42 Å². The van der Waals surface area contributed by atoms with E-state index in [9.17, 15) is 13.2 Å². The van der Waals surface area contributed by atoms with E-state index in [-0.39, 0.29) is 33.7 Å². The van der Waals surface area contributed by atoms with Crippen molar-refractivity contribution in [1.82, 2.24) is 0 Å². The number of hydrogen-bond acceptors (Lipinski definition) is 4. The second-order valence-corrected chi connectivity index (χ2v) is 9.06. The van der Waals surface area contributed by atoms with Crippen molar-refractivity contribution < 1.29 is 17.9 Å². The standard InChI is InChI=1S/C17H15Cl3N2O4S/c1-27(24,25)22-7-6-16(26-15-5-3-2-4-14(15)22)17(23)21-13-9-11(19)10(18)8-12(13)20/h2-5,8-9,16H,6-7H2,1H3,(H,21,23). The van der Waals surface area contributed by atoms with Crippen LogP contribution in [0.2, 0.25) is 15.1 Å². The molecule has 1 amide bonds. The first-order valence-electron chi connectivity index (χ1n) is 7.85. The lowest BCUT2D eigenvalue weighted by Gasteiger charge is -2.20. The van der Waals surface area contributed by atoms with Crippen molar-refractivity contribution in [3.05, 3.63) is 51.5 Å². The lowest BCUT2D eigenvalue weighted by Crippen LogP contribution is -2.36. The van der Waals surface area contributed by atoms with Crippen molar-refractivity contribution in [3.8, 4) is 5.75 Å². The highest BCUT2D eigenvalue weighted by atomic mass is 35.5. The van der Waals surface area contributed by atoms with E-state index in [0.29, 0.717) is 11.4 Å². The van der Waals surface area contributed by atoms with Gasteiger partial charge in [-0.05, 0) is 24.3 Å². The Hall–Kier alpha value is -1.67. The van der Waals surface area contributed by atoms with Gasteiger partial charge in [-0.3, -0.25) is 9.10 Å². The fourth-order valence-corrected chi connectivity index (χ4v) is 4.23. The van der Waals surface area contributed by atoms with Crippen LogP contribution in [0.3, 0.4) is 0 Å². The zero-order valence-corrected chi connectivity index (χ0v) is 17.2. The zero-order valence-electron chi connectivity index (χ0n) is 14.1. The minimum Gasteiger partial charge on any atom is -0.478 e. The Balaban J connectivity index is 1.87. The first kappa shape index (κ1) is 20.1. The van der Waals surface area contributed by atoms with Gasteiger partial charge in [0, 0.05) is 13.0 Å². The van der Waals surface area contributed by atoms with Crippen molar-refractivity contribution in [2.24, 2.45) is 0 Å². The number of carbonyl (C=O) groups is 1. The van der Waals surface area contributed by atoms with Crippen molar-refractivity contribution in [1.29, 1.82) is 0 Å². The smallest absolute Gasteiger partial charge is 0.265 e. The minimum atomic E-state index is -3.52. The first-order valence-corrected chi connectivity index (χ1v) is 10.8. The number of rotatable bonds is 3. The van der Waals surface area contributed by atoms with E-state index in [1.807, 2.05) is 0 Å². The summed E-state index contributed by atoms with van der Waals surface area (Å²) >= 11 is 18.0. The Morgan fingerprint density at radius 3 is 2.52 bits per heavy atom. The van der Waals surface area contributed by atoms with Crippen molar-refractivity contribution in [2.75, 3.05) is 22.4 Å². The summed E-state index contributed by atoms with van der Waals surface area (Å²) in [6, 6.07) is 9.52. The topological polar surface area (TPSA) is 75.7 Å². The van der Waals surface area contributed by atoms with E-state index >= 15 is 0 Å². The van der Waals surface area contributed by atoms with Crippen LogP contribution in [-0.2, 0) is 14.8 Å². The summed E-state index contributed by atoms with van der Waals surface area (Å²) in [5.74, 6) is -0.166. The monoisotopic (exact) mass is 448 g/mol. The van der Waals surface area contributed by atoms with E-state index in [1.54, 1.807) is 24.3 Å². The number of hydrogen-bond donors (Lipinski definition) is 1. The fourth-order valence-electron chi connectivity index (χ4n) is 2.69. The highest BCUT2D eigenvalue weighted by molar-refractivity contribution is 7.92. The Morgan fingerprint density at radius 2 is 1.81 bits per heavy atom. The molecule has 0 spiro atoms. The Kier molecular flexibility index (Phi) is 5.76. The molecule has 27 heavy (non-hydrogen) atoms. The van der Waals surface area contributed by atoms with Crippen LogP contribution < -0.4 is 14.4 Å². The molecule has 0 saturated heterocycles. The molecule has 1 aliphatic rings. The normalized spacial score (nSPS) is 16.9. The SMILES string of the molecule is CS(=O)(=O)N1CCC(C(=O)Nc2cc(Cl)c(Cl)cc2Cl)Oc2ccccc21. The largest absolute Gasteiger partial charge is 0.478 e. The molecule has 0 aliphatic carbocycles. The molecule has 0 radical (unpaired) electrons. The lowest BCUT2D eigenvalue weighted by atomic mass is 10.2. The number of sulfonamides is 1. The van der Waals surface area contributed by atoms with Crippen LogP contribution in [-0.4, -0.2) is 33.2 Å². The van der Waals surface area contributed by atoms with Crippen LogP contribution in [0.4, 0.5) is 11.4 Å². The van der Waals surface area contributed by atoms with Crippen molar-refractivity contribution in [3.63, 3.8) is 0 Å². The number of nitrogens with one attached hydrogen (secondary N) is 1. The Bertz CT molecular complexity index is 998.